The summed E-state index contributed by atoms with van der Waals surface area (Å²) in [5.41, 5.74) is 1.33. The van der Waals surface area contributed by atoms with Gasteiger partial charge in [-0.1, -0.05) is 26.7 Å². The van der Waals surface area contributed by atoms with Crippen molar-refractivity contribution in [2.75, 3.05) is 0 Å². The van der Waals surface area contributed by atoms with Crippen molar-refractivity contribution < 1.29 is 0 Å². The second kappa shape index (κ2) is 7.39. The van der Waals surface area contributed by atoms with Gasteiger partial charge in [0, 0.05) is 24.5 Å². The van der Waals surface area contributed by atoms with Gasteiger partial charge in [-0.15, -0.1) is 0 Å². The Labute approximate surface area is 99.5 Å². The van der Waals surface area contributed by atoms with Crippen LogP contribution < -0.4 is 5.32 Å². The molecular weight excluding hydrogens is 196 g/mol. The maximum absolute atomic E-state index is 4.05. The number of aromatic nitrogens is 1. The molecule has 0 spiro atoms. The Balaban J connectivity index is 2.50. The first-order valence-electron chi connectivity index (χ1n) is 6.43. The number of nitrogens with zero attached hydrogens (tertiary/aromatic N) is 1. The van der Waals surface area contributed by atoms with Crippen molar-refractivity contribution in [2.45, 2.75) is 58.5 Å². The lowest BCUT2D eigenvalue weighted by Crippen LogP contribution is -2.31. The zero-order chi connectivity index (χ0) is 11.8. The molecule has 90 valence electrons. The van der Waals surface area contributed by atoms with E-state index >= 15 is 0 Å². The zero-order valence-electron chi connectivity index (χ0n) is 10.7. The molecule has 1 rings (SSSR count). The minimum Gasteiger partial charge on any atom is -0.307 e. The molecule has 1 aromatic heterocycles. The van der Waals surface area contributed by atoms with Crippen molar-refractivity contribution in [2.24, 2.45) is 0 Å². The lowest BCUT2D eigenvalue weighted by atomic mass is 10.0. The summed E-state index contributed by atoms with van der Waals surface area (Å²) in [5, 5.41) is 3.71. The topological polar surface area (TPSA) is 24.9 Å². The van der Waals surface area contributed by atoms with Crippen LogP contribution in [0.4, 0.5) is 0 Å². The standard InChI is InChI=1S/C14H24N2/c1-4-6-14(7-5-2)16-12(3)13-8-10-15-11-9-13/h8-12,14,16H,4-7H2,1-3H3/t12-/m0/s1. The Morgan fingerprint density at radius 1 is 1.12 bits per heavy atom. The number of rotatable bonds is 7. The first kappa shape index (κ1) is 13.2. The highest BCUT2D eigenvalue weighted by Gasteiger charge is 2.11. The van der Waals surface area contributed by atoms with Crippen LogP contribution in [-0.2, 0) is 0 Å². The van der Waals surface area contributed by atoms with Crippen LogP contribution in [0.3, 0.4) is 0 Å². The number of pyridine rings is 1. The Kier molecular flexibility index (Phi) is 6.09. The van der Waals surface area contributed by atoms with E-state index in [1.807, 2.05) is 12.4 Å². The van der Waals surface area contributed by atoms with Gasteiger partial charge in [0.15, 0.2) is 0 Å². The molecule has 0 aliphatic rings. The molecule has 0 radical (unpaired) electrons. The lowest BCUT2D eigenvalue weighted by molar-refractivity contribution is 0.402. The molecule has 1 N–H and O–H groups in total. The fraction of sp³-hybridized carbons (Fsp3) is 0.643. The van der Waals surface area contributed by atoms with Crippen LogP contribution in [0.1, 0.15) is 58.1 Å². The molecule has 1 heterocycles. The summed E-state index contributed by atoms with van der Waals surface area (Å²) in [6, 6.07) is 5.25. The van der Waals surface area contributed by atoms with E-state index in [9.17, 15) is 0 Å². The summed E-state index contributed by atoms with van der Waals surface area (Å²) in [6.45, 7) is 6.73. The molecule has 0 amide bonds. The molecule has 0 saturated carbocycles. The molecule has 2 nitrogen and oxygen atoms in total. The molecule has 0 fully saturated rings. The maximum atomic E-state index is 4.05. The summed E-state index contributed by atoms with van der Waals surface area (Å²) < 4.78 is 0. The Morgan fingerprint density at radius 2 is 1.69 bits per heavy atom. The third-order valence-electron chi connectivity index (χ3n) is 2.97. The zero-order valence-corrected chi connectivity index (χ0v) is 10.7. The fourth-order valence-electron chi connectivity index (χ4n) is 2.11. The third-order valence-corrected chi connectivity index (χ3v) is 2.97. The summed E-state index contributed by atoms with van der Waals surface area (Å²) >= 11 is 0. The van der Waals surface area contributed by atoms with E-state index in [4.69, 9.17) is 0 Å². The van der Waals surface area contributed by atoms with Crippen molar-refractivity contribution >= 4 is 0 Å². The van der Waals surface area contributed by atoms with Crippen molar-refractivity contribution in [3.8, 4) is 0 Å². The van der Waals surface area contributed by atoms with E-state index in [0.29, 0.717) is 12.1 Å². The van der Waals surface area contributed by atoms with Gasteiger partial charge in [0.2, 0.25) is 0 Å². The Hall–Kier alpha value is -0.890. The van der Waals surface area contributed by atoms with Gasteiger partial charge in [-0.25, -0.2) is 0 Å². The quantitative estimate of drug-likeness (QED) is 0.758. The number of nitrogens with one attached hydrogen (secondary N) is 1. The van der Waals surface area contributed by atoms with Gasteiger partial charge in [0.1, 0.15) is 0 Å². The molecule has 0 aliphatic heterocycles. The van der Waals surface area contributed by atoms with Crippen molar-refractivity contribution in [1.29, 1.82) is 0 Å². The predicted molar refractivity (Wildman–Crippen MR) is 69.4 cm³/mol. The second-order valence-corrected chi connectivity index (χ2v) is 4.44. The fourth-order valence-corrected chi connectivity index (χ4v) is 2.11. The number of hydrogen-bond donors (Lipinski definition) is 1. The third kappa shape index (κ3) is 4.31. The average molecular weight is 220 g/mol. The molecule has 2 heteroatoms. The molecule has 0 bridgehead atoms. The highest BCUT2D eigenvalue weighted by atomic mass is 14.9. The van der Waals surface area contributed by atoms with Gasteiger partial charge in [0.05, 0.1) is 0 Å². The van der Waals surface area contributed by atoms with E-state index in [1.54, 1.807) is 0 Å². The first-order chi connectivity index (χ1) is 7.77. The molecule has 0 aromatic carbocycles. The summed E-state index contributed by atoms with van der Waals surface area (Å²) in [4.78, 5) is 4.05. The SMILES string of the molecule is CCCC(CCC)N[C@@H](C)c1ccncc1. The van der Waals surface area contributed by atoms with Gasteiger partial charge in [-0.3, -0.25) is 4.98 Å². The van der Waals surface area contributed by atoms with Crippen LogP contribution in [0, 0.1) is 0 Å². The smallest absolute Gasteiger partial charge is 0.0295 e. The lowest BCUT2D eigenvalue weighted by Gasteiger charge is -2.23. The van der Waals surface area contributed by atoms with Gasteiger partial charge >= 0.3 is 0 Å². The van der Waals surface area contributed by atoms with Crippen LogP contribution in [0.2, 0.25) is 0 Å². The van der Waals surface area contributed by atoms with Crippen molar-refractivity contribution in [3.63, 3.8) is 0 Å². The Bertz CT molecular complexity index is 265. The van der Waals surface area contributed by atoms with Crippen LogP contribution in [0.25, 0.3) is 0 Å². The van der Waals surface area contributed by atoms with Crippen molar-refractivity contribution in [3.05, 3.63) is 30.1 Å². The number of hydrogen-bond acceptors (Lipinski definition) is 2. The van der Waals surface area contributed by atoms with Crippen LogP contribution in [-0.4, -0.2) is 11.0 Å². The molecule has 1 aromatic rings. The molecular formula is C14H24N2. The minimum absolute atomic E-state index is 0.422. The second-order valence-electron chi connectivity index (χ2n) is 4.44. The maximum Gasteiger partial charge on any atom is 0.0295 e. The van der Waals surface area contributed by atoms with E-state index in [0.717, 1.165) is 0 Å². The van der Waals surface area contributed by atoms with E-state index in [1.165, 1.54) is 31.2 Å². The average Bonchev–Trinajstić information content (AvgIpc) is 2.31. The first-order valence-corrected chi connectivity index (χ1v) is 6.43. The monoisotopic (exact) mass is 220 g/mol. The summed E-state index contributed by atoms with van der Waals surface area (Å²) in [5.74, 6) is 0. The van der Waals surface area contributed by atoms with Gasteiger partial charge in [0.25, 0.3) is 0 Å². The van der Waals surface area contributed by atoms with Crippen LogP contribution in [0.5, 0.6) is 0 Å². The molecule has 1 atom stereocenters. The molecule has 0 unspecified atom stereocenters. The summed E-state index contributed by atoms with van der Waals surface area (Å²) in [6.07, 6.45) is 8.76. The molecule has 0 saturated heterocycles. The van der Waals surface area contributed by atoms with E-state index < -0.39 is 0 Å². The van der Waals surface area contributed by atoms with E-state index in [-0.39, 0.29) is 0 Å². The highest BCUT2D eigenvalue weighted by molar-refractivity contribution is 5.14. The largest absolute Gasteiger partial charge is 0.307 e. The normalized spacial score (nSPS) is 13.0. The van der Waals surface area contributed by atoms with E-state index in [2.05, 4.69) is 43.2 Å². The Morgan fingerprint density at radius 3 is 2.19 bits per heavy atom. The van der Waals surface area contributed by atoms with Crippen LogP contribution in [0.15, 0.2) is 24.5 Å². The van der Waals surface area contributed by atoms with Gasteiger partial charge in [-0.2, -0.15) is 0 Å². The van der Waals surface area contributed by atoms with Crippen LogP contribution >= 0.6 is 0 Å². The molecule has 16 heavy (non-hydrogen) atoms. The van der Waals surface area contributed by atoms with Crippen molar-refractivity contribution in [1.82, 2.24) is 10.3 Å². The van der Waals surface area contributed by atoms with Gasteiger partial charge in [-0.05, 0) is 37.5 Å². The predicted octanol–water partition coefficient (Wildman–Crippen LogP) is 3.70. The minimum atomic E-state index is 0.422. The highest BCUT2D eigenvalue weighted by Crippen LogP contribution is 2.14. The molecule has 0 aliphatic carbocycles. The van der Waals surface area contributed by atoms with Gasteiger partial charge < -0.3 is 5.32 Å². The summed E-state index contributed by atoms with van der Waals surface area (Å²) in [7, 11) is 0.